The van der Waals surface area contributed by atoms with Gasteiger partial charge in [0.05, 0.1) is 0 Å². The highest BCUT2D eigenvalue weighted by molar-refractivity contribution is 5.65. The number of anilines is 1. The van der Waals surface area contributed by atoms with Crippen LogP contribution in [0.2, 0.25) is 0 Å². The third kappa shape index (κ3) is 4.31. The van der Waals surface area contributed by atoms with Crippen molar-refractivity contribution in [3.63, 3.8) is 0 Å². The predicted molar refractivity (Wildman–Crippen MR) is 64.2 cm³/mol. The fourth-order valence-corrected chi connectivity index (χ4v) is 1.26. The number of esters is 1. The Balaban J connectivity index is 2.35. The van der Waals surface area contributed by atoms with Crippen LogP contribution in [0.15, 0.2) is 24.3 Å². The van der Waals surface area contributed by atoms with Gasteiger partial charge in [0, 0.05) is 33.3 Å². The van der Waals surface area contributed by atoms with E-state index >= 15 is 0 Å². The first-order chi connectivity index (χ1) is 7.59. The van der Waals surface area contributed by atoms with Crippen LogP contribution in [0.3, 0.4) is 0 Å². The summed E-state index contributed by atoms with van der Waals surface area (Å²) in [4.78, 5) is 12.6. The maximum absolute atomic E-state index is 10.5. The summed E-state index contributed by atoms with van der Waals surface area (Å²) < 4.78 is 4.77. The lowest BCUT2D eigenvalue weighted by Crippen LogP contribution is -2.19. The molecular weight excluding hydrogens is 204 g/mol. The van der Waals surface area contributed by atoms with Crippen LogP contribution in [0.1, 0.15) is 12.5 Å². The van der Waals surface area contributed by atoms with Crippen molar-refractivity contribution in [3.8, 4) is 0 Å². The number of carbonyl (C=O) groups excluding carboxylic acids is 1. The molecule has 0 aliphatic heterocycles. The average Bonchev–Trinajstić information content (AvgIpc) is 2.25. The van der Waals surface area contributed by atoms with Crippen LogP contribution in [0.4, 0.5) is 5.69 Å². The zero-order valence-electron chi connectivity index (χ0n) is 9.99. The van der Waals surface area contributed by atoms with Crippen LogP contribution in [-0.2, 0) is 16.1 Å². The highest BCUT2D eigenvalue weighted by atomic mass is 16.5. The van der Waals surface area contributed by atoms with Crippen LogP contribution >= 0.6 is 0 Å². The predicted octanol–water partition coefficient (Wildman–Crippen LogP) is 1.36. The summed E-state index contributed by atoms with van der Waals surface area (Å²) in [5, 5.41) is 3.03. The monoisotopic (exact) mass is 222 g/mol. The number of ether oxygens (including phenoxy) is 1. The quantitative estimate of drug-likeness (QED) is 0.464. The molecule has 4 heteroatoms. The van der Waals surface area contributed by atoms with Crippen molar-refractivity contribution >= 4 is 11.7 Å². The Bertz CT molecular complexity index is 333. The summed E-state index contributed by atoms with van der Waals surface area (Å²) in [7, 11) is 4.02. The molecule has 0 saturated carbocycles. The van der Waals surface area contributed by atoms with Crippen molar-refractivity contribution in [2.24, 2.45) is 0 Å². The lowest BCUT2D eigenvalue weighted by Gasteiger charge is -2.12. The SMILES string of the molecule is CC(=O)OCNCc1ccc(N(C)C)cc1. The van der Waals surface area contributed by atoms with E-state index in [4.69, 9.17) is 4.74 Å². The summed E-state index contributed by atoms with van der Waals surface area (Å²) in [6, 6.07) is 8.22. The van der Waals surface area contributed by atoms with Gasteiger partial charge in [-0.1, -0.05) is 12.1 Å². The first kappa shape index (κ1) is 12.5. The minimum Gasteiger partial charge on any atom is -0.450 e. The Morgan fingerprint density at radius 1 is 1.31 bits per heavy atom. The first-order valence-corrected chi connectivity index (χ1v) is 5.20. The minimum absolute atomic E-state index is 0.255. The van der Waals surface area contributed by atoms with Crippen molar-refractivity contribution in [1.82, 2.24) is 5.32 Å². The van der Waals surface area contributed by atoms with E-state index in [2.05, 4.69) is 34.5 Å². The number of benzene rings is 1. The molecule has 1 aromatic rings. The Labute approximate surface area is 96.2 Å². The van der Waals surface area contributed by atoms with Crippen molar-refractivity contribution in [2.75, 3.05) is 25.7 Å². The van der Waals surface area contributed by atoms with Gasteiger partial charge >= 0.3 is 5.97 Å². The van der Waals surface area contributed by atoms with Gasteiger partial charge in [0.25, 0.3) is 0 Å². The molecule has 0 fully saturated rings. The molecule has 0 aromatic heterocycles. The zero-order valence-corrected chi connectivity index (χ0v) is 9.99. The number of nitrogens with one attached hydrogen (secondary N) is 1. The van der Waals surface area contributed by atoms with E-state index in [1.807, 2.05) is 14.1 Å². The Morgan fingerprint density at radius 2 is 1.94 bits per heavy atom. The average molecular weight is 222 g/mol. The topological polar surface area (TPSA) is 41.6 Å². The second-order valence-electron chi connectivity index (χ2n) is 3.77. The second-order valence-corrected chi connectivity index (χ2v) is 3.77. The molecule has 0 unspecified atom stereocenters. The molecule has 0 radical (unpaired) electrons. The molecule has 1 aromatic carbocycles. The maximum atomic E-state index is 10.5. The van der Waals surface area contributed by atoms with Gasteiger partial charge in [-0.3, -0.25) is 10.1 Å². The molecule has 0 spiro atoms. The highest BCUT2D eigenvalue weighted by Gasteiger charge is 1.96. The van der Waals surface area contributed by atoms with Crippen molar-refractivity contribution in [2.45, 2.75) is 13.5 Å². The molecular formula is C12H18N2O2. The fraction of sp³-hybridized carbons (Fsp3) is 0.417. The van der Waals surface area contributed by atoms with E-state index in [1.54, 1.807) is 0 Å². The molecule has 0 aliphatic rings. The molecule has 16 heavy (non-hydrogen) atoms. The number of carbonyl (C=O) groups is 1. The van der Waals surface area contributed by atoms with Gasteiger partial charge < -0.3 is 9.64 Å². The largest absolute Gasteiger partial charge is 0.450 e. The molecule has 0 bridgehead atoms. The number of hydrogen-bond acceptors (Lipinski definition) is 4. The van der Waals surface area contributed by atoms with E-state index in [0.717, 1.165) is 5.56 Å². The van der Waals surface area contributed by atoms with E-state index in [0.29, 0.717) is 6.54 Å². The molecule has 1 rings (SSSR count). The van der Waals surface area contributed by atoms with Gasteiger partial charge in [-0.25, -0.2) is 0 Å². The first-order valence-electron chi connectivity index (χ1n) is 5.20. The molecule has 1 N–H and O–H groups in total. The molecule has 0 aliphatic carbocycles. The lowest BCUT2D eigenvalue weighted by atomic mass is 10.2. The van der Waals surface area contributed by atoms with Crippen LogP contribution in [0.5, 0.6) is 0 Å². The van der Waals surface area contributed by atoms with Crippen LogP contribution < -0.4 is 10.2 Å². The van der Waals surface area contributed by atoms with Gasteiger partial charge in [0.2, 0.25) is 0 Å². The van der Waals surface area contributed by atoms with Crippen LogP contribution in [-0.4, -0.2) is 26.8 Å². The third-order valence-corrected chi connectivity index (χ3v) is 2.16. The van der Waals surface area contributed by atoms with Crippen LogP contribution in [0.25, 0.3) is 0 Å². The van der Waals surface area contributed by atoms with Crippen LogP contribution in [0, 0.1) is 0 Å². The van der Waals surface area contributed by atoms with Gasteiger partial charge in [0.15, 0.2) is 0 Å². The molecule has 0 atom stereocenters. The summed E-state index contributed by atoms with van der Waals surface area (Å²) in [5.41, 5.74) is 2.33. The molecule has 0 amide bonds. The van der Waals surface area contributed by atoms with E-state index < -0.39 is 0 Å². The van der Waals surface area contributed by atoms with E-state index in [9.17, 15) is 4.79 Å². The van der Waals surface area contributed by atoms with Gasteiger partial charge in [-0.15, -0.1) is 0 Å². The Hall–Kier alpha value is -1.55. The number of nitrogens with zero attached hydrogens (tertiary/aromatic N) is 1. The Kier molecular flexibility index (Phi) is 4.79. The van der Waals surface area contributed by atoms with Crippen molar-refractivity contribution in [3.05, 3.63) is 29.8 Å². The standard InChI is InChI=1S/C12H18N2O2/c1-10(15)16-9-13-8-11-4-6-12(7-5-11)14(2)3/h4-7,13H,8-9H2,1-3H3. The summed E-state index contributed by atoms with van der Waals surface area (Å²) in [5.74, 6) is -0.268. The normalized spacial score (nSPS) is 9.94. The fourth-order valence-electron chi connectivity index (χ4n) is 1.26. The second kappa shape index (κ2) is 6.12. The minimum atomic E-state index is -0.268. The smallest absolute Gasteiger partial charge is 0.303 e. The summed E-state index contributed by atoms with van der Waals surface area (Å²) >= 11 is 0. The number of hydrogen-bond donors (Lipinski definition) is 1. The van der Waals surface area contributed by atoms with Gasteiger partial charge in [-0.05, 0) is 17.7 Å². The van der Waals surface area contributed by atoms with E-state index in [1.165, 1.54) is 12.6 Å². The zero-order chi connectivity index (χ0) is 12.0. The van der Waals surface area contributed by atoms with Gasteiger partial charge in [-0.2, -0.15) is 0 Å². The number of rotatable bonds is 5. The highest BCUT2D eigenvalue weighted by Crippen LogP contribution is 2.11. The molecule has 0 heterocycles. The summed E-state index contributed by atoms with van der Waals surface area (Å²) in [6.45, 7) is 2.35. The molecule has 0 saturated heterocycles. The molecule has 88 valence electrons. The molecule has 4 nitrogen and oxygen atoms in total. The maximum Gasteiger partial charge on any atom is 0.303 e. The Morgan fingerprint density at radius 3 is 2.44 bits per heavy atom. The van der Waals surface area contributed by atoms with E-state index in [-0.39, 0.29) is 12.7 Å². The summed E-state index contributed by atoms with van der Waals surface area (Å²) in [6.07, 6.45) is 0. The van der Waals surface area contributed by atoms with Gasteiger partial charge in [0.1, 0.15) is 6.73 Å². The lowest BCUT2D eigenvalue weighted by molar-refractivity contribution is -0.141. The third-order valence-electron chi connectivity index (χ3n) is 2.16. The van der Waals surface area contributed by atoms with Crippen molar-refractivity contribution < 1.29 is 9.53 Å². The van der Waals surface area contributed by atoms with Crippen molar-refractivity contribution in [1.29, 1.82) is 0 Å².